The molecule has 1 rings (SSSR count). The highest BCUT2D eigenvalue weighted by molar-refractivity contribution is 14.1. The van der Waals surface area contributed by atoms with Crippen molar-refractivity contribution in [3.8, 4) is 5.95 Å². The Balaban J connectivity index is 2.59. The van der Waals surface area contributed by atoms with E-state index in [-0.39, 0.29) is 0 Å². The Kier molecular flexibility index (Phi) is 3.05. The number of hydrogen-bond acceptors (Lipinski definition) is 2. The van der Waals surface area contributed by atoms with Gasteiger partial charge in [-0.1, -0.05) is 6.92 Å². The van der Waals surface area contributed by atoms with E-state index in [1.165, 1.54) is 0 Å². The van der Waals surface area contributed by atoms with Crippen molar-refractivity contribution in [2.75, 3.05) is 4.61 Å². The van der Waals surface area contributed by atoms with E-state index in [2.05, 4.69) is 22.6 Å². The molecule has 10 heavy (non-hydrogen) atoms. The predicted octanol–water partition coefficient (Wildman–Crippen LogP) is 2.61. The molecule has 56 valence electrons. The first-order valence-electron chi connectivity index (χ1n) is 3.14. The van der Waals surface area contributed by atoms with Gasteiger partial charge in [0.05, 0.1) is 0 Å². The summed E-state index contributed by atoms with van der Waals surface area (Å²) < 4.78 is 11.0. The van der Waals surface area contributed by atoms with Crippen LogP contribution in [0.2, 0.25) is 0 Å². The molecule has 0 atom stereocenters. The monoisotopic (exact) mass is 252 g/mol. The molecule has 0 aliphatic heterocycles. The molecule has 1 aromatic heterocycles. The summed E-state index contributed by atoms with van der Waals surface area (Å²) in [6.07, 6.45) is 0.921. The molecule has 2 nitrogen and oxygen atoms in total. The molecule has 0 amide bonds. The van der Waals surface area contributed by atoms with Crippen LogP contribution in [0.1, 0.15) is 12.7 Å². The average Bonchev–Trinajstić information content (AvgIpc) is 2.37. The number of ether oxygens (including phenoxy) is 1. The van der Waals surface area contributed by atoms with Gasteiger partial charge in [0.2, 0.25) is 0 Å². The average molecular weight is 252 g/mol. The molecule has 0 N–H and O–H groups in total. The second-order valence-corrected chi connectivity index (χ2v) is 2.45. The van der Waals surface area contributed by atoms with E-state index in [9.17, 15) is 0 Å². The predicted molar refractivity (Wildman–Crippen MR) is 47.6 cm³/mol. The van der Waals surface area contributed by atoms with Crippen LogP contribution in [0.5, 0.6) is 5.95 Å². The van der Waals surface area contributed by atoms with Crippen molar-refractivity contribution in [3.63, 3.8) is 0 Å². The highest BCUT2D eigenvalue weighted by Crippen LogP contribution is 2.16. The zero-order chi connectivity index (χ0) is 7.40. The van der Waals surface area contributed by atoms with Gasteiger partial charge < -0.3 is 9.15 Å². The van der Waals surface area contributed by atoms with Crippen molar-refractivity contribution in [3.05, 3.63) is 17.9 Å². The summed E-state index contributed by atoms with van der Waals surface area (Å²) in [5.74, 6) is 1.59. The van der Waals surface area contributed by atoms with Gasteiger partial charge in [0.25, 0.3) is 5.95 Å². The van der Waals surface area contributed by atoms with Crippen LogP contribution in [0, 0.1) is 0 Å². The third-order valence-electron chi connectivity index (χ3n) is 1.18. The zero-order valence-corrected chi connectivity index (χ0v) is 7.92. The SMILES string of the molecule is CCc1ccc(OCI)o1. The van der Waals surface area contributed by atoms with Gasteiger partial charge in [0.1, 0.15) is 10.4 Å². The van der Waals surface area contributed by atoms with Crippen molar-refractivity contribution in [2.24, 2.45) is 0 Å². The molecule has 0 aromatic carbocycles. The van der Waals surface area contributed by atoms with E-state index in [0.29, 0.717) is 10.6 Å². The molecule has 0 spiro atoms. The minimum absolute atomic E-state index is 0.617. The second-order valence-electron chi connectivity index (χ2n) is 1.83. The summed E-state index contributed by atoms with van der Waals surface area (Å²) in [4.78, 5) is 0. The van der Waals surface area contributed by atoms with E-state index in [1.807, 2.05) is 19.1 Å². The van der Waals surface area contributed by atoms with Crippen LogP contribution in [0.15, 0.2) is 16.5 Å². The molecule has 0 saturated heterocycles. The summed E-state index contributed by atoms with van der Waals surface area (Å²) in [5.41, 5.74) is 0. The summed E-state index contributed by atoms with van der Waals surface area (Å²) in [6, 6.07) is 3.78. The maximum Gasteiger partial charge on any atom is 0.285 e. The summed E-state index contributed by atoms with van der Waals surface area (Å²) in [7, 11) is 0. The Hall–Kier alpha value is -0.190. The molecule has 0 radical (unpaired) electrons. The van der Waals surface area contributed by atoms with Gasteiger partial charge in [-0.2, -0.15) is 0 Å². The van der Waals surface area contributed by atoms with Gasteiger partial charge in [0, 0.05) is 12.5 Å². The first-order chi connectivity index (χ1) is 4.86. The highest BCUT2D eigenvalue weighted by Gasteiger charge is 1.98. The maximum absolute atomic E-state index is 5.25. The molecular formula is C7H9IO2. The molecule has 0 aliphatic carbocycles. The summed E-state index contributed by atoms with van der Waals surface area (Å²) in [5, 5.41) is 0. The molecule has 0 unspecified atom stereocenters. The number of rotatable bonds is 3. The van der Waals surface area contributed by atoms with Crippen LogP contribution in [0.3, 0.4) is 0 Å². The topological polar surface area (TPSA) is 22.4 Å². The van der Waals surface area contributed by atoms with Crippen molar-refractivity contribution in [2.45, 2.75) is 13.3 Å². The quantitative estimate of drug-likeness (QED) is 0.609. The molecule has 0 aliphatic rings. The smallest absolute Gasteiger partial charge is 0.285 e. The minimum Gasteiger partial charge on any atom is -0.454 e. The zero-order valence-electron chi connectivity index (χ0n) is 5.76. The molecule has 3 heteroatoms. The number of hydrogen-bond donors (Lipinski definition) is 0. The van der Waals surface area contributed by atoms with Crippen LogP contribution in [0.4, 0.5) is 0 Å². The van der Waals surface area contributed by atoms with Gasteiger partial charge in [-0.05, 0) is 28.7 Å². The van der Waals surface area contributed by atoms with Crippen molar-refractivity contribution in [1.29, 1.82) is 0 Å². The first-order valence-corrected chi connectivity index (χ1v) is 4.67. The third-order valence-corrected chi connectivity index (χ3v) is 1.49. The van der Waals surface area contributed by atoms with Crippen LogP contribution >= 0.6 is 22.6 Å². The van der Waals surface area contributed by atoms with Gasteiger partial charge in [0.15, 0.2) is 0 Å². The normalized spacial score (nSPS) is 9.80. The molecule has 0 fully saturated rings. The van der Waals surface area contributed by atoms with Crippen LogP contribution in [-0.4, -0.2) is 4.61 Å². The number of aryl methyl sites for hydroxylation is 1. The van der Waals surface area contributed by atoms with Gasteiger partial charge in [-0.25, -0.2) is 0 Å². The number of alkyl halides is 1. The number of furan rings is 1. The van der Waals surface area contributed by atoms with Crippen molar-refractivity contribution >= 4 is 22.6 Å². The van der Waals surface area contributed by atoms with Gasteiger partial charge >= 0.3 is 0 Å². The van der Waals surface area contributed by atoms with Crippen molar-refractivity contribution < 1.29 is 9.15 Å². The fraction of sp³-hybridized carbons (Fsp3) is 0.429. The second kappa shape index (κ2) is 3.85. The summed E-state index contributed by atoms with van der Waals surface area (Å²) in [6.45, 7) is 2.05. The van der Waals surface area contributed by atoms with Crippen LogP contribution in [-0.2, 0) is 6.42 Å². The molecule has 1 heterocycles. The lowest BCUT2D eigenvalue weighted by Gasteiger charge is -1.93. The van der Waals surface area contributed by atoms with E-state index in [1.54, 1.807) is 0 Å². The Morgan fingerprint density at radius 3 is 2.90 bits per heavy atom. The molecule has 0 bridgehead atoms. The van der Waals surface area contributed by atoms with Crippen LogP contribution < -0.4 is 4.74 Å². The first kappa shape index (κ1) is 7.91. The Morgan fingerprint density at radius 1 is 1.60 bits per heavy atom. The molecular weight excluding hydrogens is 243 g/mol. The van der Waals surface area contributed by atoms with E-state index in [0.717, 1.165) is 12.2 Å². The lowest BCUT2D eigenvalue weighted by atomic mass is 10.4. The summed E-state index contributed by atoms with van der Waals surface area (Å²) >= 11 is 2.13. The number of halogens is 1. The van der Waals surface area contributed by atoms with E-state index < -0.39 is 0 Å². The fourth-order valence-electron chi connectivity index (χ4n) is 0.680. The van der Waals surface area contributed by atoms with Crippen LogP contribution in [0.25, 0.3) is 0 Å². The van der Waals surface area contributed by atoms with Gasteiger partial charge in [-0.15, -0.1) is 0 Å². The Morgan fingerprint density at radius 2 is 2.40 bits per heavy atom. The molecule has 0 saturated carbocycles. The Bertz CT molecular complexity index is 195. The highest BCUT2D eigenvalue weighted by atomic mass is 127. The minimum atomic E-state index is 0.617. The largest absolute Gasteiger partial charge is 0.454 e. The lowest BCUT2D eigenvalue weighted by Crippen LogP contribution is -1.84. The van der Waals surface area contributed by atoms with Gasteiger partial charge in [-0.3, -0.25) is 0 Å². The maximum atomic E-state index is 5.25. The standard InChI is InChI=1S/C7H9IO2/c1-2-6-3-4-7(10-6)9-5-8/h3-4H,2,5H2,1H3. The third kappa shape index (κ3) is 1.90. The van der Waals surface area contributed by atoms with Crippen molar-refractivity contribution in [1.82, 2.24) is 0 Å². The van der Waals surface area contributed by atoms with E-state index >= 15 is 0 Å². The molecule has 1 aromatic rings. The van der Waals surface area contributed by atoms with E-state index in [4.69, 9.17) is 9.15 Å². The lowest BCUT2D eigenvalue weighted by molar-refractivity contribution is 0.289. The Labute approximate surface area is 73.7 Å². The fourth-order valence-corrected chi connectivity index (χ4v) is 0.987.